The number of aromatic amines is 1. The lowest BCUT2D eigenvalue weighted by Crippen LogP contribution is -2.52. The van der Waals surface area contributed by atoms with Crippen molar-refractivity contribution in [3.8, 4) is 0 Å². The molecular formula is C21H22N8O5. The number of carboxylic acid groups (broad SMARTS) is 1. The van der Waals surface area contributed by atoms with Crippen LogP contribution in [0.3, 0.4) is 0 Å². The fourth-order valence-corrected chi connectivity index (χ4v) is 2.97. The number of carboxylic acids is 1. The highest BCUT2D eigenvalue weighted by Gasteiger charge is 2.35. The molecule has 0 aliphatic rings. The van der Waals surface area contributed by atoms with E-state index >= 15 is 0 Å². The predicted molar refractivity (Wildman–Crippen MR) is 123 cm³/mol. The Bertz CT molecular complexity index is 1320. The minimum absolute atomic E-state index is 0.0484. The van der Waals surface area contributed by atoms with Crippen molar-refractivity contribution < 1.29 is 19.5 Å². The molecule has 0 saturated heterocycles. The summed E-state index contributed by atoms with van der Waals surface area (Å²) in [6, 6.07) is 6.28. The van der Waals surface area contributed by atoms with E-state index in [-0.39, 0.29) is 42.1 Å². The van der Waals surface area contributed by atoms with Gasteiger partial charge in [0, 0.05) is 17.7 Å². The number of nitrogens with zero attached hydrogens (tertiary/aromatic N) is 4. The van der Waals surface area contributed by atoms with Crippen molar-refractivity contribution in [2.24, 2.45) is 4.99 Å². The third-order valence-electron chi connectivity index (χ3n) is 4.98. The first-order valence-electron chi connectivity index (χ1n) is 10.0. The maximum absolute atomic E-state index is 12.6. The lowest BCUT2D eigenvalue weighted by Gasteiger charge is -2.25. The second-order valence-electron chi connectivity index (χ2n) is 7.56. The lowest BCUT2D eigenvalue weighted by atomic mass is 9.95. The number of hydrogen-bond donors (Lipinski definition) is 5. The number of fused-ring (bicyclic) bond motifs is 1. The van der Waals surface area contributed by atoms with Gasteiger partial charge in [0.2, 0.25) is 11.9 Å². The van der Waals surface area contributed by atoms with Crippen molar-refractivity contribution in [3.05, 3.63) is 52.1 Å². The predicted octanol–water partition coefficient (Wildman–Crippen LogP) is 0.488. The van der Waals surface area contributed by atoms with Crippen LogP contribution in [0, 0.1) is 0 Å². The van der Waals surface area contributed by atoms with Crippen LogP contribution in [-0.2, 0) is 16.1 Å². The van der Waals surface area contributed by atoms with Crippen molar-refractivity contribution in [1.82, 2.24) is 25.3 Å². The third kappa shape index (κ3) is 5.56. The summed E-state index contributed by atoms with van der Waals surface area (Å²) in [4.78, 5) is 65.4. The Balaban J connectivity index is 1.65. The first kappa shape index (κ1) is 24.0. The number of benzene rings is 1. The van der Waals surface area contributed by atoms with Gasteiger partial charge in [0.25, 0.3) is 11.5 Å². The second-order valence-corrected chi connectivity index (χ2v) is 7.56. The molecule has 3 rings (SSSR count). The number of amides is 2. The number of rotatable bonds is 9. The van der Waals surface area contributed by atoms with Gasteiger partial charge >= 0.3 is 5.97 Å². The van der Waals surface area contributed by atoms with Crippen molar-refractivity contribution in [2.45, 2.75) is 31.8 Å². The number of anilines is 2. The van der Waals surface area contributed by atoms with E-state index in [0.717, 1.165) is 0 Å². The van der Waals surface area contributed by atoms with Gasteiger partial charge in [0.1, 0.15) is 5.54 Å². The summed E-state index contributed by atoms with van der Waals surface area (Å²) in [5.41, 5.74) is 4.89. The standard InChI is InChI=1S/C21H22N8O5/c1-21(19(33)34,8-7-14(30)23-2)29-17(31)11-3-5-12(6-4-11)24-9-13-10-25-16-15(26-13)18(32)28-20(22)27-16/h3-6,10,24H,2,7-9H2,1H3,(H,29,31)(H,33,34)(H3,22,25,27,28,32)/t21-/m0/s1. The van der Waals surface area contributed by atoms with Crippen molar-refractivity contribution in [1.29, 1.82) is 0 Å². The van der Waals surface area contributed by atoms with E-state index < -0.39 is 28.9 Å². The van der Waals surface area contributed by atoms with E-state index in [1.807, 2.05) is 0 Å². The van der Waals surface area contributed by atoms with Crippen LogP contribution in [-0.4, -0.2) is 55.1 Å². The smallest absolute Gasteiger partial charge is 0.329 e. The third-order valence-corrected chi connectivity index (χ3v) is 4.98. The van der Waals surface area contributed by atoms with Crippen LogP contribution >= 0.6 is 0 Å². The Morgan fingerprint density at radius 3 is 2.59 bits per heavy atom. The number of aliphatic carboxylic acids is 1. The van der Waals surface area contributed by atoms with Gasteiger partial charge in [-0.2, -0.15) is 4.98 Å². The van der Waals surface area contributed by atoms with Gasteiger partial charge in [0.15, 0.2) is 11.2 Å². The molecule has 0 fully saturated rings. The first-order chi connectivity index (χ1) is 16.1. The fourth-order valence-electron chi connectivity index (χ4n) is 2.97. The van der Waals surface area contributed by atoms with Crippen molar-refractivity contribution in [3.63, 3.8) is 0 Å². The highest BCUT2D eigenvalue weighted by atomic mass is 16.4. The quantitative estimate of drug-likeness (QED) is 0.276. The summed E-state index contributed by atoms with van der Waals surface area (Å²) >= 11 is 0. The van der Waals surface area contributed by atoms with Crippen LogP contribution in [0.15, 0.2) is 40.2 Å². The Morgan fingerprint density at radius 2 is 1.94 bits per heavy atom. The molecule has 2 amide bonds. The first-order valence-corrected chi connectivity index (χ1v) is 10.0. The van der Waals surface area contributed by atoms with E-state index in [4.69, 9.17) is 5.73 Å². The Hall–Kier alpha value is -4.68. The SMILES string of the molecule is C=NC(=O)CC[C@](C)(NC(=O)c1ccc(NCc2cnc3nc(N)[nH]c(=O)c3n2)cc1)C(=O)O. The van der Waals surface area contributed by atoms with Gasteiger partial charge in [-0.1, -0.05) is 0 Å². The molecule has 176 valence electrons. The number of nitrogen functional groups attached to an aromatic ring is 1. The molecular weight excluding hydrogens is 444 g/mol. The van der Waals surface area contributed by atoms with E-state index in [1.54, 1.807) is 12.1 Å². The van der Waals surface area contributed by atoms with E-state index in [2.05, 4.69) is 42.3 Å². The number of H-pyrrole nitrogens is 1. The van der Waals surface area contributed by atoms with E-state index in [0.29, 0.717) is 11.4 Å². The fraction of sp³-hybridized carbons (Fsp3) is 0.238. The molecule has 1 aromatic carbocycles. The van der Waals surface area contributed by atoms with Crippen LogP contribution < -0.4 is 21.9 Å². The van der Waals surface area contributed by atoms with Gasteiger partial charge in [-0.25, -0.2) is 19.8 Å². The summed E-state index contributed by atoms with van der Waals surface area (Å²) in [6.07, 6.45) is 1.16. The molecule has 0 unspecified atom stereocenters. The topological polar surface area (TPSA) is 205 Å². The van der Waals surface area contributed by atoms with Gasteiger partial charge in [-0.3, -0.25) is 19.4 Å². The summed E-state index contributed by atoms with van der Waals surface area (Å²) in [5, 5.41) is 15.1. The van der Waals surface area contributed by atoms with E-state index in [9.17, 15) is 24.3 Å². The molecule has 0 saturated carbocycles. The zero-order valence-electron chi connectivity index (χ0n) is 18.2. The Morgan fingerprint density at radius 1 is 1.24 bits per heavy atom. The number of hydrogen-bond acceptors (Lipinski definition) is 9. The Kier molecular flexibility index (Phi) is 6.95. The lowest BCUT2D eigenvalue weighted by molar-refractivity contribution is -0.144. The maximum Gasteiger partial charge on any atom is 0.329 e. The molecule has 0 aliphatic carbocycles. The molecule has 13 heteroatoms. The molecule has 0 bridgehead atoms. The largest absolute Gasteiger partial charge is 0.480 e. The zero-order chi connectivity index (χ0) is 24.9. The molecule has 2 aromatic heterocycles. The minimum Gasteiger partial charge on any atom is -0.480 e. The molecule has 0 spiro atoms. The minimum atomic E-state index is -1.65. The number of nitrogens with one attached hydrogen (secondary N) is 3. The molecule has 2 heterocycles. The maximum atomic E-state index is 12.6. The number of carbonyl (C=O) groups excluding carboxylic acids is 2. The molecule has 13 nitrogen and oxygen atoms in total. The van der Waals surface area contributed by atoms with Gasteiger partial charge in [-0.05, 0) is 44.3 Å². The number of carbonyl (C=O) groups is 3. The Labute approximate surface area is 192 Å². The summed E-state index contributed by atoms with van der Waals surface area (Å²) < 4.78 is 0. The molecule has 0 radical (unpaired) electrons. The normalized spacial score (nSPS) is 12.5. The van der Waals surface area contributed by atoms with Crippen LogP contribution in [0.4, 0.5) is 11.6 Å². The van der Waals surface area contributed by atoms with Crippen molar-refractivity contribution in [2.75, 3.05) is 11.1 Å². The molecule has 6 N–H and O–H groups in total. The summed E-state index contributed by atoms with van der Waals surface area (Å²) in [7, 11) is 0. The average molecular weight is 466 g/mol. The van der Waals surface area contributed by atoms with E-state index in [1.165, 1.54) is 25.3 Å². The van der Waals surface area contributed by atoms with Gasteiger partial charge < -0.3 is 21.5 Å². The van der Waals surface area contributed by atoms with Crippen LogP contribution in [0.1, 0.15) is 35.8 Å². The van der Waals surface area contributed by atoms with Crippen molar-refractivity contribution >= 4 is 47.3 Å². The summed E-state index contributed by atoms with van der Waals surface area (Å²) in [5.74, 6) is -2.49. The molecule has 1 atom stereocenters. The number of nitrogens with two attached hydrogens (primary N) is 1. The van der Waals surface area contributed by atoms with Crippen LogP contribution in [0.25, 0.3) is 11.2 Å². The highest BCUT2D eigenvalue weighted by molar-refractivity contribution is 5.98. The molecule has 0 aliphatic heterocycles. The summed E-state index contributed by atoms with van der Waals surface area (Å²) in [6.45, 7) is 4.66. The van der Waals surface area contributed by atoms with Gasteiger partial charge in [-0.15, -0.1) is 0 Å². The van der Waals surface area contributed by atoms with Crippen LogP contribution in [0.5, 0.6) is 0 Å². The number of aliphatic imine (C=N–C) groups is 1. The second kappa shape index (κ2) is 9.85. The monoisotopic (exact) mass is 466 g/mol. The molecule has 34 heavy (non-hydrogen) atoms. The molecule has 3 aromatic rings. The highest BCUT2D eigenvalue weighted by Crippen LogP contribution is 2.17. The van der Waals surface area contributed by atoms with Gasteiger partial charge in [0.05, 0.1) is 18.4 Å². The zero-order valence-corrected chi connectivity index (χ0v) is 18.2. The number of aromatic nitrogens is 4. The van der Waals surface area contributed by atoms with Crippen LogP contribution in [0.2, 0.25) is 0 Å². The average Bonchev–Trinajstić information content (AvgIpc) is 2.81.